The van der Waals surface area contributed by atoms with Gasteiger partial charge in [0.1, 0.15) is 17.3 Å². The van der Waals surface area contributed by atoms with Crippen molar-refractivity contribution in [3.05, 3.63) is 12.7 Å². The third kappa shape index (κ3) is 3.17. The van der Waals surface area contributed by atoms with Crippen molar-refractivity contribution in [3.8, 4) is 0 Å². The number of hydrogen-bond donors (Lipinski definition) is 0. The topological polar surface area (TPSA) is 0 Å². The zero-order valence-corrected chi connectivity index (χ0v) is 7.18. The average Bonchev–Trinajstić information content (AvgIpc) is 2.19. The van der Waals surface area contributed by atoms with Crippen molar-refractivity contribution in [2.75, 3.05) is 17.3 Å². The summed E-state index contributed by atoms with van der Waals surface area (Å²) in [4.78, 5) is 0. The van der Waals surface area contributed by atoms with Gasteiger partial charge in [-0.2, -0.15) is 0 Å². The molecule has 1 heterocycles. The van der Waals surface area contributed by atoms with Gasteiger partial charge in [-0.15, -0.1) is 0 Å². The Morgan fingerprint density at radius 2 is 1.89 bits per heavy atom. The van der Waals surface area contributed by atoms with Gasteiger partial charge < -0.3 is 12.4 Å². The van der Waals surface area contributed by atoms with Crippen LogP contribution in [0.3, 0.4) is 0 Å². The summed E-state index contributed by atoms with van der Waals surface area (Å²) in [5.41, 5.74) is 0. The standard InChI is InChI=1S/C7H13S.ClH/c1-2-5-8-6-3-4-7-8;/h2H,1,3-7H2;1H/q+1;/p-1. The lowest BCUT2D eigenvalue weighted by atomic mass is 10.4. The summed E-state index contributed by atoms with van der Waals surface area (Å²) in [6.07, 6.45) is 5.00. The van der Waals surface area contributed by atoms with Gasteiger partial charge in [-0.1, -0.05) is 6.58 Å². The Balaban J connectivity index is 0.000000640. The van der Waals surface area contributed by atoms with E-state index < -0.39 is 0 Å². The van der Waals surface area contributed by atoms with E-state index in [1.54, 1.807) is 0 Å². The fraction of sp³-hybridized carbons (Fsp3) is 0.714. The van der Waals surface area contributed by atoms with E-state index in [0.29, 0.717) is 0 Å². The Morgan fingerprint density at radius 1 is 1.33 bits per heavy atom. The molecule has 1 saturated heterocycles. The maximum absolute atomic E-state index is 3.73. The molecule has 0 nitrogen and oxygen atoms in total. The average molecular weight is 165 g/mol. The zero-order valence-electron chi connectivity index (χ0n) is 5.61. The summed E-state index contributed by atoms with van der Waals surface area (Å²) in [6, 6.07) is 0. The lowest BCUT2D eigenvalue weighted by Crippen LogP contribution is -3.00. The fourth-order valence-electron chi connectivity index (χ4n) is 1.05. The summed E-state index contributed by atoms with van der Waals surface area (Å²) in [7, 11) is 0.755. The van der Waals surface area contributed by atoms with E-state index in [2.05, 4.69) is 12.7 Å². The number of hydrogen-bond acceptors (Lipinski definition) is 0. The largest absolute Gasteiger partial charge is 1.00 e. The van der Waals surface area contributed by atoms with Gasteiger partial charge in [0.15, 0.2) is 0 Å². The van der Waals surface area contributed by atoms with Gasteiger partial charge in [0.2, 0.25) is 0 Å². The Labute approximate surface area is 66.5 Å². The van der Waals surface area contributed by atoms with Gasteiger partial charge in [0.25, 0.3) is 0 Å². The Morgan fingerprint density at radius 3 is 2.33 bits per heavy atom. The molecule has 0 aliphatic carbocycles. The predicted octanol–water partition coefficient (Wildman–Crippen LogP) is -1.41. The summed E-state index contributed by atoms with van der Waals surface area (Å²) >= 11 is 0. The summed E-state index contributed by atoms with van der Waals surface area (Å²) in [5, 5.41) is 0. The van der Waals surface area contributed by atoms with E-state index in [9.17, 15) is 0 Å². The minimum absolute atomic E-state index is 0. The first-order valence-corrected chi connectivity index (χ1v) is 4.91. The van der Waals surface area contributed by atoms with Gasteiger partial charge in [0.05, 0.1) is 0 Å². The highest BCUT2D eigenvalue weighted by Gasteiger charge is 2.21. The van der Waals surface area contributed by atoms with Crippen LogP contribution in [0.15, 0.2) is 12.7 Å². The van der Waals surface area contributed by atoms with Gasteiger partial charge >= 0.3 is 0 Å². The van der Waals surface area contributed by atoms with Crippen molar-refractivity contribution in [2.24, 2.45) is 0 Å². The third-order valence-corrected chi connectivity index (χ3v) is 3.91. The lowest BCUT2D eigenvalue weighted by molar-refractivity contribution is -0.00000170. The van der Waals surface area contributed by atoms with E-state index >= 15 is 0 Å². The van der Waals surface area contributed by atoms with Crippen LogP contribution in [0.5, 0.6) is 0 Å². The van der Waals surface area contributed by atoms with Crippen molar-refractivity contribution in [1.29, 1.82) is 0 Å². The minimum atomic E-state index is 0. The minimum Gasteiger partial charge on any atom is -1.00 e. The van der Waals surface area contributed by atoms with Crippen LogP contribution in [0.1, 0.15) is 12.8 Å². The van der Waals surface area contributed by atoms with E-state index in [-0.39, 0.29) is 12.4 Å². The van der Waals surface area contributed by atoms with Crippen LogP contribution < -0.4 is 12.4 Å². The molecule has 0 aromatic rings. The fourth-order valence-corrected chi connectivity index (χ4v) is 3.14. The van der Waals surface area contributed by atoms with Gasteiger partial charge in [0, 0.05) is 0 Å². The number of rotatable bonds is 2. The molecule has 0 bridgehead atoms. The molecule has 0 unspecified atom stereocenters. The molecule has 2 heteroatoms. The second-order valence-corrected chi connectivity index (χ2v) is 4.56. The molecule has 9 heavy (non-hydrogen) atoms. The van der Waals surface area contributed by atoms with E-state index in [0.717, 1.165) is 10.9 Å². The molecule has 0 amide bonds. The highest BCUT2D eigenvalue weighted by Crippen LogP contribution is 2.12. The van der Waals surface area contributed by atoms with Crippen LogP contribution in [0.4, 0.5) is 0 Å². The van der Waals surface area contributed by atoms with Crippen molar-refractivity contribution < 1.29 is 12.4 Å². The SMILES string of the molecule is C=CC[S+]1CCCC1.[Cl-]. The highest BCUT2D eigenvalue weighted by molar-refractivity contribution is 7.97. The lowest BCUT2D eigenvalue weighted by Gasteiger charge is -1.91. The predicted molar refractivity (Wildman–Crippen MR) is 41.4 cm³/mol. The molecule has 0 atom stereocenters. The third-order valence-electron chi connectivity index (χ3n) is 1.47. The molecule has 1 aliphatic heterocycles. The zero-order chi connectivity index (χ0) is 5.82. The summed E-state index contributed by atoms with van der Waals surface area (Å²) in [5.74, 6) is 4.23. The second kappa shape index (κ2) is 5.19. The van der Waals surface area contributed by atoms with Crippen LogP contribution in [-0.2, 0) is 10.9 Å². The second-order valence-electron chi connectivity index (χ2n) is 2.18. The van der Waals surface area contributed by atoms with Gasteiger partial charge in [-0.3, -0.25) is 0 Å². The molecular weight excluding hydrogens is 152 g/mol. The first kappa shape index (κ1) is 9.38. The molecule has 0 N–H and O–H groups in total. The van der Waals surface area contributed by atoms with Crippen LogP contribution in [0.2, 0.25) is 0 Å². The van der Waals surface area contributed by atoms with Crippen LogP contribution in [-0.4, -0.2) is 17.3 Å². The smallest absolute Gasteiger partial charge is 0.126 e. The van der Waals surface area contributed by atoms with Crippen molar-refractivity contribution in [3.63, 3.8) is 0 Å². The Kier molecular flexibility index (Phi) is 5.41. The van der Waals surface area contributed by atoms with E-state index in [4.69, 9.17) is 0 Å². The summed E-state index contributed by atoms with van der Waals surface area (Å²) in [6.45, 7) is 3.73. The normalized spacial score (nSPS) is 19.1. The molecule has 54 valence electrons. The quantitative estimate of drug-likeness (QED) is 0.348. The summed E-state index contributed by atoms with van der Waals surface area (Å²) < 4.78 is 0. The van der Waals surface area contributed by atoms with Crippen LogP contribution >= 0.6 is 0 Å². The molecule has 0 spiro atoms. The van der Waals surface area contributed by atoms with Gasteiger partial charge in [-0.25, -0.2) is 0 Å². The van der Waals surface area contributed by atoms with Crippen LogP contribution in [0, 0.1) is 0 Å². The Bertz CT molecular complexity index is 77.0. The molecule has 0 radical (unpaired) electrons. The molecule has 0 saturated carbocycles. The first-order valence-electron chi connectivity index (χ1n) is 3.18. The van der Waals surface area contributed by atoms with Crippen LogP contribution in [0.25, 0.3) is 0 Å². The molecule has 1 aliphatic rings. The molecule has 0 aromatic heterocycles. The van der Waals surface area contributed by atoms with E-state index in [1.807, 2.05) is 0 Å². The Hall–Kier alpha value is 0.380. The first-order chi connectivity index (χ1) is 3.93. The van der Waals surface area contributed by atoms with Gasteiger partial charge in [-0.05, 0) is 29.8 Å². The maximum Gasteiger partial charge on any atom is 0.126 e. The molecular formula is C7H13ClS. The molecule has 0 aromatic carbocycles. The molecule has 1 rings (SSSR count). The monoisotopic (exact) mass is 164 g/mol. The van der Waals surface area contributed by atoms with Crippen molar-refractivity contribution in [1.82, 2.24) is 0 Å². The molecule has 1 fully saturated rings. The number of halogens is 1. The highest BCUT2D eigenvalue weighted by atomic mass is 35.5. The maximum atomic E-state index is 3.73. The van der Waals surface area contributed by atoms with E-state index in [1.165, 1.54) is 30.1 Å². The van der Waals surface area contributed by atoms with Crippen molar-refractivity contribution in [2.45, 2.75) is 12.8 Å². The van der Waals surface area contributed by atoms with Crippen molar-refractivity contribution >= 4 is 10.9 Å².